The van der Waals surface area contributed by atoms with Crippen molar-refractivity contribution in [3.63, 3.8) is 0 Å². The monoisotopic (exact) mass is 346 g/mol. The van der Waals surface area contributed by atoms with Crippen LogP contribution >= 0.6 is 34.2 Å². The molecule has 0 aliphatic carbocycles. The Balaban J connectivity index is 2.16. The quantitative estimate of drug-likeness (QED) is 0.629. The molecule has 0 saturated carbocycles. The fourth-order valence-electron chi connectivity index (χ4n) is 1.12. The number of nitrogens with zero attached hydrogens (tertiary/aromatic N) is 2. The van der Waals surface area contributed by atoms with Gasteiger partial charge in [0.15, 0.2) is 0 Å². The molecule has 0 aliphatic rings. The molecule has 2 rings (SSSR count). The van der Waals surface area contributed by atoms with Crippen LogP contribution in [0.4, 0.5) is 0 Å². The Hall–Kier alpha value is -0.880. The van der Waals surface area contributed by atoms with Gasteiger partial charge in [0.25, 0.3) is 0 Å². The molecule has 0 radical (unpaired) electrons. The van der Waals surface area contributed by atoms with Gasteiger partial charge in [-0.15, -0.1) is 11.6 Å². The zero-order valence-corrected chi connectivity index (χ0v) is 11.1. The van der Waals surface area contributed by atoms with Crippen molar-refractivity contribution < 1.29 is 4.74 Å². The summed E-state index contributed by atoms with van der Waals surface area (Å²) in [4.78, 5) is 8.19. The first-order valence-electron chi connectivity index (χ1n) is 4.58. The van der Waals surface area contributed by atoms with Crippen LogP contribution in [-0.2, 0) is 5.88 Å². The maximum atomic E-state index is 5.66. The highest BCUT2D eigenvalue weighted by atomic mass is 127. The lowest BCUT2D eigenvalue weighted by Crippen LogP contribution is -1.92. The minimum atomic E-state index is 0.330. The van der Waals surface area contributed by atoms with Crippen molar-refractivity contribution >= 4 is 34.2 Å². The van der Waals surface area contributed by atoms with Crippen LogP contribution in [0.3, 0.4) is 0 Å². The van der Waals surface area contributed by atoms with Gasteiger partial charge in [-0.05, 0) is 46.9 Å². The Labute approximate surface area is 112 Å². The fourth-order valence-corrected chi connectivity index (χ4v) is 1.61. The molecule has 0 saturated heterocycles. The second-order valence-electron chi connectivity index (χ2n) is 3.04. The van der Waals surface area contributed by atoms with Crippen LogP contribution in [0, 0.1) is 3.57 Å². The zero-order valence-electron chi connectivity index (χ0n) is 8.23. The summed E-state index contributed by atoms with van der Waals surface area (Å²) in [5.74, 6) is 1.53. The topological polar surface area (TPSA) is 35.0 Å². The number of hydrogen-bond acceptors (Lipinski definition) is 3. The van der Waals surface area contributed by atoms with Gasteiger partial charge in [-0.2, -0.15) is 0 Å². The van der Waals surface area contributed by atoms with Gasteiger partial charge in [0.2, 0.25) is 5.88 Å². The van der Waals surface area contributed by atoms with Gasteiger partial charge in [-0.3, -0.25) is 4.98 Å². The number of ether oxygens (including phenoxy) is 1. The van der Waals surface area contributed by atoms with E-state index in [-0.39, 0.29) is 0 Å². The first-order chi connectivity index (χ1) is 7.78. The van der Waals surface area contributed by atoms with Crippen molar-refractivity contribution in [2.75, 3.05) is 0 Å². The highest BCUT2D eigenvalue weighted by molar-refractivity contribution is 14.1. The minimum Gasteiger partial charge on any atom is -0.437 e. The van der Waals surface area contributed by atoms with Crippen molar-refractivity contribution in [1.29, 1.82) is 0 Å². The molecule has 0 unspecified atom stereocenters. The average Bonchev–Trinajstić information content (AvgIpc) is 2.32. The molecule has 3 nitrogen and oxygen atoms in total. The van der Waals surface area contributed by atoms with E-state index >= 15 is 0 Å². The normalized spacial score (nSPS) is 10.1. The number of alkyl halides is 1. The average molecular weight is 347 g/mol. The molecule has 0 aliphatic heterocycles. The minimum absolute atomic E-state index is 0.330. The summed E-state index contributed by atoms with van der Waals surface area (Å²) >= 11 is 7.90. The first-order valence-corrected chi connectivity index (χ1v) is 6.19. The predicted octanol–water partition coefficient (Wildman–Crippen LogP) is 3.61. The van der Waals surface area contributed by atoms with E-state index in [2.05, 4.69) is 32.6 Å². The third-order valence-electron chi connectivity index (χ3n) is 1.84. The summed E-state index contributed by atoms with van der Waals surface area (Å²) in [6.45, 7) is 0. The van der Waals surface area contributed by atoms with Gasteiger partial charge >= 0.3 is 0 Å². The molecular weight excluding hydrogens is 338 g/mol. The fraction of sp³-hybridized carbons (Fsp3) is 0.0909. The lowest BCUT2D eigenvalue weighted by atomic mass is 10.3. The van der Waals surface area contributed by atoms with Crippen molar-refractivity contribution in [3.8, 4) is 11.6 Å². The SMILES string of the molecule is ClCc1cncc(Oc2ccc(I)cc2)n1. The van der Waals surface area contributed by atoms with Crippen LogP contribution in [0.1, 0.15) is 5.69 Å². The molecule has 0 fully saturated rings. The molecule has 0 atom stereocenters. The smallest absolute Gasteiger partial charge is 0.238 e. The lowest BCUT2D eigenvalue weighted by Gasteiger charge is -2.04. The lowest BCUT2D eigenvalue weighted by molar-refractivity contribution is 0.458. The maximum Gasteiger partial charge on any atom is 0.238 e. The molecule has 2 aromatic rings. The number of halogens is 2. The third kappa shape index (κ3) is 3.05. The Bertz CT molecular complexity index is 476. The summed E-state index contributed by atoms with van der Waals surface area (Å²) in [6.07, 6.45) is 3.18. The zero-order chi connectivity index (χ0) is 11.4. The summed E-state index contributed by atoms with van der Waals surface area (Å²) in [7, 11) is 0. The van der Waals surface area contributed by atoms with Crippen LogP contribution in [0.15, 0.2) is 36.7 Å². The Morgan fingerprint density at radius 2 is 1.94 bits per heavy atom. The largest absolute Gasteiger partial charge is 0.437 e. The van der Waals surface area contributed by atoms with Crippen LogP contribution in [0.25, 0.3) is 0 Å². The molecule has 5 heteroatoms. The van der Waals surface area contributed by atoms with E-state index in [1.807, 2.05) is 24.3 Å². The summed E-state index contributed by atoms with van der Waals surface area (Å²) in [5.41, 5.74) is 0.699. The summed E-state index contributed by atoms with van der Waals surface area (Å²) in [5, 5.41) is 0. The molecule has 16 heavy (non-hydrogen) atoms. The molecule has 82 valence electrons. The van der Waals surface area contributed by atoms with E-state index in [0.717, 1.165) is 9.32 Å². The van der Waals surface area contributed by atoms with Crippen LogP contribution in [0.2, 0.25) is 0 Å². The standard InChI is InChI=1S/C11H8ClIN2O/c12-5-9-6-14-7-11(15-9)16-10-3-1-8(13)2-4-10/h1-4,6-7H,5H2. The maximum absolute atomic E-state index is 5.66. The van der Waals surface area contributed by atoms with Gasteiger partial charge in [0.05, 0.1) is 17.8 Å². The van der Waals surface area contributed by atoms with Crippen LogP contribution < -0.4 is 4.74 Å². The molecule has 1 aromatic heterocycles. The van der Waals surface area contributed by atoms with Crippen molar-refractivity contribution in [2.24, 2.45) is 0 Å². The molecule has 1 heterocycles. The molecule has 0 spiro atoms. The molecule has 1 aromatic carbocycles. The Morgan fingerprint density at radius 1 is 1.19 bits per heavy atom. The second kappa shape index (κ2) is 5.45. The van der Waals surface area contributed by atoms with Gasteiger partial charge < -0.3 is 4.74 Å². The van der Waals surface area contributed by atoms with Crippen molar-refractivity contribution in [2.45, 2.75) is 5.88 Å². The van der Waals surface area contributed by atoms with Crippen LogP contribution in [-0.4, -0.2) is 9.97 Å². The van der Waals surface area contributed by atoms with E-state index < -0.39 is 0 Å². The van der Waals surface area contributed by atoms with E-state index in [1.165, 1.54) is 0 Å². The summed E-state index contributed by atoms with van der Waals surface area (Å²) in [6, 6.07) is 7.71. The Morgan fingerprint density at radius 3 is 2.62 bits per heavy atom. The molecule has 0 bridgehead atoms. The van der Waals surface area contributed by atoms with E-state index in [4.69, 9.17) is 16.3 Å². The predicted molar refractivity (Wildman–Crippen MR) is 70.8 cm³/mol. The molecule has 0 amide bonds. The van der Waals surface area contributed by atoms with Crippen molar-refractivity contribution in [1.82, 2.24) is 9.97 Å². The second-order valence-corrected chi connectivity index (χ2v) is 4.55. The summed E-state index contributed by atoms with van der Waals surface area (Å²) < 4.78 is 6.70. The Kier molecular flexibility index (Phi) is 3.95. The highest BCUT2D eigenvalue weighted by Crippen LogP contribution is 2.20. The molecular formula is C11H8ClIN2O. The van der Waals surface area contributed by atoms with Gasteiger partial charge in [0.1, 0.15) is 5.75 Å². The van der Waals surface area contributed by atoms with Crippen molar-refractivity contribution in [3.05, 3.63) is 45.9 Å². The number of benzene rings is 1. The highest BCUT2D eigenvalue weighted by Gasteiger charge is 2.00. The van der Waals surface area contributed by atoms with Gasteiger partial charge in [-0.25, -0.2) is 4.98 Å². The van der Waals surface area contributed by atoms with Gasteiger partial charge in [-0.1, -0.05) is 0 Å². The molecule has 0 N–H and O–H groups in total. The van der Waals surface area contributed by atoms with Crippen LogP contribution in [0.5, 0.6) is 11.6 Å². The number of hydrogen-bond donors (Lipinski definition) is 0. The number of rotatable bonds is 3. The third-order valence-corrected chi connectivity index (χ3v) is 2.83. The van der Waals surface area contributed by atoms with Gasteiger partial charge in [0, 0.05) is 9.77 Å². The first kappa shape index (κ1) is 11.6. The van der Waals surface area contributed by atoms with E-state index in [1.54, 1.807) is 12.4 Å². The van der Waals surface area contributed by atoms with E-state index in [9.17, 15) is 0 Å². The van der Waals surface area contributed by atoms with E-state index in [0.29, 0.717) is 17.5 Å². The number of aromatic nitrogens is 2.